The Morgan fingerprint density at radius 3 is 2.81 bits per heavy atom. The molecule has 0 spiro atoms. The lowest BCUT2D eigenvalue weighted by molar-refractivity contribution is 0.0693. The topological polar surface area (TPSA) is 98.7 Å². The SMILES string of the molecule is O=C(NCC1CSCCS1)Nc1ccc(O)c(C(=O)O)c1. The first-order chi connectivity index (χ1) is 10.1. The smallest absolute Gasteiger partial charge is 0.339 e. The van der Waals surface area contributed by atoms with Gasteiger partial charge < -0.3 is 20.8 Å². The number of anilines is 1. The van der Waals surface area contributed by atoms with Crippen LogP contribution in [0.1, 0.15) is 10.4 Å². The lowest BCUT2D eigenvalue weighted by Gasteiger charge is -2.21. The molecule has 0 saturated carbocycles. The van der Waals surface area contributed by atoms with Crippen LogP contribution in [0.5, 0.6) is 5.75 Å². The van der Waals surface area contributed by atoms with Crippen molar-refractivity contribution in [3.05, 3.63) is 23.8 Å². The highest BCUT2D eigenvalue weighted by Crippen LogP contribution is 2.23. The maximum Gasteiger partial charge on any atom is 0.339 e. The zero-order chi connectivity index (χ0) is 15.2. The quantitative estimate of drug-likeness (QED) is 0.632. The van der Waals surface area contributed by atoms with Crippen LogP contribution in [0.4, 0.5) is 10.5 Å². The number of aromatic carboxylic acids is 1. The number of benzene rings is 1. The third kappa shape index (κ3) is 4.75. The van der Waals surface area contributed by atoms with Crippen molar-refractivity contribution in [1.29, 1.82) is 0 Å². The van der Waals surface area contributed by atoms with Crippen LogP contribution in [0, 0.1) is 0 Å². The minimum Gasteiger partial charge on any atom is -0.507 e. The normalized spacial score (nSPS) is 18.0. The van der Waals surface area contributed by atoms with Crippen molar-refractivity contribution in [3.8, 4) is 5.75 Å². The van der Waals surface area contributed by atoms with Crippen LogP contribution in [0.2, 0.25) is 0 Å². The fraction of sp³-hybridized carbons (Fsp3) is 0.385. The Balaban J connectivity index is 1.87. The lowest BCUT2D eigenvalue weighted by atomic mass is 10.2. The minimum atomic E-state index is -1.24. The molecule has 1 aromatic rings. The van der Waals surface area contributed by atoms with Crippen LogP contribution in [-0.2, 0) is 0 Å². The van der Waals surface area contributed by atoms with E-state index in [0.717, 1.165) is 17.3 Å². The Bertz CT molecular complexity index is 533. The summed E-state index contributed by atoms with van der Waals surface area (Å²) in [5.41, 5.74) is 0.0837. The number of carboxylic acid groups (broad SMARTS) is 1. The van der Waals surface area contributed by atoms with E-state index in [1.165, 1.54) is 18.2 Å². The predicted molar refractivity (Wildman–Crippen MR) is 85.7 cm³/mol. The molecule has 1 aromatic carbocycles. The van der Waals surface area contributed by atoms with Gasteiger partial charge in [-0.1, -0.05) is 0 Å². The molecule has 0 aliphatic carbocycles. The molecule has 4 N–H and O–H groups in total. The van der Waals surface area contributed by atoms with Crippen molar-refractivity contribution in [2.75, 3.05) is 29.1 Å². The second-order valence-electron chi connectivity index (χ2n) is 4.44. The molecule has 1 heterocycles. The van der Waals surface area contributed by atoms with E-state index in [-0.39, 0.29) is 17.3 Å². The second kappa shape index (κ2) is 7.46. The van der Waals surface area contributed by atoms with Crippen LogP contribution < -0.4 is 10.6 Å². The summed E-state index contributed by atoms with van der Waals surface area (Å²) in [5.74, 6) is 1.70. The number of hydrogen-bond acceptors (Lipinski definition) is 5. The van der Waals surface area contributed by atoms with Gasteiger partial charge in [-0.25, -0.2) is 9.59 Å². The molecule has 1 fully saturated rings. The van der Waals surface area contributed by atoms with Crippen molar-refractivity contribution in [2.45, 2.75) is 5.25 Å². The number of thioether (sulfide) groups is 2. The van der Waals surface area contributed by atoms with E-state index in [4.69, 9.17) is 5.11 Å². The van der Waals surface area contributed by atoms with Gasteiger partial charge in [0.25, 0.3) is 0 Å². The van der Waals surface area contributed by atoms with E-state index in [0.29, 0.717) is 17.5 Å². The van der Waals surface area contributed by atoms with E-state index in [2.05, 4.69) is 10.6 Å². The fourth-order valence-corrected chi connectivity index (χ4v) is 4.43. The number of carbonyl (C=O) groups is 2. The number of nitrogens with one attached hydrogen (secondary N) is 2. The summed E-state index contributed by atoms with van der Waals surface area (Å²) in [4.78, 5) is 22.7. The summed E-state index contributed by atoms with van der Waals surface area (Å²) < 4.78 is 0. The zero-order valence-electron chi connectivity index (χ0n) is 11.2. The summed E-state index contributed by atoms with van der Waals surface area (Å²) in [6.45, 7) is 0.577. The average molecular weight is 328 g/mol. The highest BCUT2D eigenvalue weighted by Gasteiger charge is 2.15. The number of carbonyl (C=O) groups excluding carboxylic acids is 1. The van der Waals surface area contributed by atoms with Gasteiger partial charge in [-0.05, 0) is 18.2 Å². The first kappa shape index (κ1) is 15.8. The lowest BCUT2D eigenvalue weighted by Crippen LogP contribution is -2.36. The number of hydrogen-bond donors (Lipinski definition) is 4. The van der Waals surface area contributed by atoms with E-state index in [1.807, 2.05) is 23.5 Å². The Labute approximate surface area is 130 Å². The Morgan fingerprint density at radius 2 is 2.14 bits per heavy atom. The molecule has 0 bridgehead atoms. The third-order valence-electron chi connectivity index (χ3n) is 2.86. The zero-order valence-corrected chi connectivity index (χ0v) is 12.8. The molecule has 1 aliphatic rings. The Kier molecular flexibility index (Phi) is 5.63. The van der Waals surface area contributed by atoms with Crippen LogP contribution in [0.25, 0.3) is 0 Å². The van der Waals surface area contributed by atoms with Gasteiger partial charge in [-0.15, -0.1) is 0 Å². The Hall–Kier alpha value is -1.54. The van der Waals surface area contributed by atoms with Crippen molar-refractivity contribution < 1.29 is 19.8 Å². The number of rotatable bonds is 4. The number of urea groups is 1. The predicted octanol–water partition coefficient (Wildman–Crippen LogP) is 2.06. The molecule has 2 rings (SSSR count). The van der Waals surface area contributed by atoms with Crippen LogP contribution in [0.15, 0.2) is 18.2 Å². The van der Waals surface area contributed by atoms with Crippen molar-refractivity contribution >= 4 is 41.2 Å². The molecule has 1 atom stereocenters. The highest BCUT2D eigenvalue weighted by molar-refractivity contribution is 8.06. The average Bonchev–Trinajstić information content (AvgIpc) is 2.48. The molecule has 0 aromatic heterocycles. The van der Waals surface area contributed by atoms with Crippen LogP contribution in [-0.4, -0.2) is 51.3 Å². The van der Waals surface area contributed by atoms with E-state index < -0.39 is 5.97 Å². The molecule has 21 heavy (non-hydrogen) atoms. The largest absolute Gasteiger partial charge is 0.507 e. The van der Waals surface area contributed by atoms with Crippen molar-refractivity contribution in [2.24, 2.45) is 0 Å². The first-order valence-electron chi connectivity index (χ1n) is 6.37. The summed E-state index contributed by atoms with van der Waals surface area (Å²) >= 11 is 3.73. The summed E-state index contributed by atoms with van der Waals surface area (Å²) in [7, 11) is 0. The minimum absolute atomic E-state index is 0.243. The van der Waals surface area contributed by atoms with Crippen LogP contribution in [0.3, 0.4) is 0 Å². The number of amides is 2. The molecule has 2 amide bonds. The fourth-order valence-electron chi connectivity index (χ4n) is 1.82. The van der Waals surface area contributed by atoms with Crippen molar-refractivity contribution in [3.63, 3.8) is 0 Å². The first-order valence-corrected chi connectivity index (χ1v) is 8.57. The van der Waals surface area contributed by atoms with Gasteiger partial charge in [-0.3, -0.25) is 0 Å². The van der Waals surface area contributed by atoms with Crippen molar-refractivity contribution in [1.82, 2.24) is 5.32 Å². The summed E-state index contributed by atoms with van der Waals surface area (Å²) in [6, 6.07) is 3.54. The Morgan fingerprint density at radius 1 is 1.33 bits per heavy atom. The van der Waals surface area contributed by atoms with Crippen LogP contribution >= 0.6 is 23.5 Å². The number of aromatic hydroxyl groups is 1. The molecule has 1 aliphatic heterocycles. The highest BCUT2D eigenvalue weighted by atomic mass is 32.2. The number of carboxylic acids is 1. The second-order valence-corrected chi connectivity index (χ2v) is 7.00. The summed E-state index contributed by atoms with van der Waals surface area (Å²) in [6.07, 6.45) is 0. The van der Waals surface area contributed by atoms with Gasteiger partial charge in [-0.2, -0.15) is 23.5 Å². The molecule has 1 unspecified atom stereocenters. The van der Waals surface area contributed by atoms with Gasteiger partial charge in [0.1, 0.15) is 11.3 Å². The van der Waals surface area contributed by atoms with E-state index in [1.54, 1.807) is 0 Å². The molecule has 6 nitrogen and oxygen atoms in total. The molecular weight excluding hydrogens is 312 g/mol. The standard InChI is InChI=1S/C13H16N2O4S2/c16-11-2-1-8(5-10(11)12(17)18)15-13(19)14-6-9-7-20-3-4-21-9/h1-2,5,9,16H,3-4,6-7H2,(H,17,18)(H2,14,15,19). The van der Waals surface area contributed by atoms with Gasteiger partial charge >= 0.3 is 12.0 Å². The van der Waals surface area contributed by atoms with E-state index >= 15 is 0 Å². The molecule has 0 radical (unpaired) electrons. The number of phenols is 1. The van der Waals surface area contributed by atoms with Gasteiger partial charge in [0.15, 0.2) is 0 Å². The van der Waals surface area contributed by atoms with Gasteiger partial charge in [0.2, 0.25) is 0 Å². The molecule has 8 heteroatoms. The van der Waals surface area contributed by atoms with Gasteiger partial charge in [0.05, 0.1) is 0 Å². The maximum atomic E-state index is 11.8. The molecular formula is C13H16N2O4S2. The van der Waals surface area contributed by atoms with Gasteiger partial charge in [0, 0.05) is 34.7 Å². The summed E-state index contributed by atoms with van der Waals surface area (Å²) in [5, 5.41) is 24.0. The monoisotopic (exact) mass is 328 g/mol. The maximum absolute atomic E-state index is 11.8. The van der Waals surface area contributed by atoms with E-state index in [9.17, 15) is 14.7 Å². The third-order valence-corrected chi connectivity index (χ3v) is 5.70. The molecule has 114 valence electrons. The molecule has 1 saturated heterocycles.